The van der Waals surface area contributed by atoms with E-state index in [4.69, 9.17) is 19.1 Å². The minimum absolute atomic E-state index is 0.105. The van der Waals surface area contributed by atoms with Gasteiger partial charge in [-0.3, -0.25) is 18.6 Å². The van der Waals surface area contributed by atoms with Crippen LogP contribution in [0.15, 0.2) is 109 Å². The van der Waals surface area contributed by atoms with Crippen LogP contribution < -0.4 is 0 Å². The molecule has 10 nitrogen and oxygen atoms in total. The molecule has 0 fully saturated rings. The molecule has 0 aliphatic rings. The number of rotatable bonds is 37. The maximum absolute atomic E-state index is 12.6. The van der Waals surface area contributed by atoms with Crippen molar-refractivity contribution in [1.29, 1.82) is 0 Å². The number of hydrogen-bond donors (Lipinski definition) is 3. The molecule has 57 heavy (non-hydrogen) atoms. The van der Waals surface area contributed by atoms with E-state index in [0.717, 1.165) is 64.2 Å². The van der Waals surface area contributed by atoms with Gasteiger partial charge in [0.2, 0.25) is 0 Å². The van der Waals surface area contributed by atoms with Gasteiger partial charge in [-0.2, -0.15) is 0 Å². The SMILES string of the molecule is CC/C=C/C=C/C=C/C=C/CCCCCCCC(=O)O[C@H](COC(=O)CC/C=C/C/C=C/C/C=C/C/C=C/C/C=C/CCCCC)COP(=O)(O)OC[C@@H](O)CO. The van der Waals surface area contributed by atoms with Crippen molar-refractivity contribution in [2.24, 2.45) is 0 Å². The summed E-state index contributed by atoms with van der Waals surface area (Å²) in [6.07, 6.45) is 50.7. The number of phosphoric acid groups is 1. The van der Waals surface area contributed by atoms with Gasteiger partial charge in [-0.05, 0) is 70.6 Å². The fourth-order valence-corrected chi connectivity index (χ4v) is 5.60. The monoisotopic (exact) mass is 816 g/mol. The summed E-state index contributed by atoms with van der Waals surface area (Å²) in [4.78, 5) is 34.9. The minimum Gasteiger partial charge on any atom is -0.462 e. The topological polar surface area (TPSA) is 149 Å². The molecule has 0 aliphatic heterocycles. The van der Waals surface area contributed by atoms with E-state index in [2.05, 4.69) is 79.1 Å². The molecule has 0 heterocycles. The number of hydrogen-bond acceptors (Lipinski definition) is 9. The third-order valence-electron chi connectivity index (χ3n) is 8.02. The standard InChI is InChI=1S/C46H73O10P/c1-3-5-7-9-11-13-15-17-19-20-21-22-24-25-27-29-31-33-35-37-45(49)53-41-44(42-55-57(51,52)54-40-43(48)39-47)56-46(50)38-36-34-32-30-28-26-23-18-16-14-12-10-8-6-4-2/h6,8,10-14,16-19,21-23,25,27,31,33,43-44,47-48H,3-5,7,9,15,20,24,26,28-30,32,34-42H2,1-2H3,(H,51,52)/b8-6+,12-10+,13-11+,16-14+,19-17+,22-21+,23-18+,27-25+,33-31+/t43-,44+/m0/s1. The van der Waals surface area contributed by atoms with Crippen molar-refractivity contribution in [3.8, 4) is 0 Å². The number of carbonyl (C=O) groups excluding carboxylic acids is 2. The van der Waals surface area contributed by atoms with E-state index in [0.29, 0.717) is 12.8 Å². The van der Waals surface area contributed by atoms with Crippen LogP contribution in [0.3, 0.4) is 0 Å². The van der Waals surface area contributed by atoms with E-state index in [9.17, 15) is 24.2 Å². The third kappa shape index (κ3) is 40.6. The average Bonchev–Trinajstić information content (AvgIpc) is 3.20. The summed E-state index contributed by atoms with van der Waals surface area (Å²) in [5.41, 5.74) is 0. The van der Waals surface area contributed by atoms with Gasteiger partial charge in [-0.1, -0.05) is 155 Å². The summed E-state index contributed by atoms with van der Waals surface area (Å²) in [5.74, 6) is -1.06. The number of esters is 2. The van der Waals surface area contributed by atoms with Gasteiger partial charge < -0.3 is 24.6 Å². The molecular weight excluding hydrogens is 743 g/mol. The van der Waals surface area contributed by atoms with Crippen molar-refractivity contribution in [2.75, 3.05) is 26.4 Å². The second-order valence-electron chi connectivity index (χ2n) is 13.4. The highest BCUT2D eigenvalue weighted by Gasteiger charge is 2.27. The highest BCUT2D eigenvalue weighted by atomic mass is 31.2. The Morgan fingerprint density at radius 3 is 1.68 bits per heavy atom. The first-order chi connectivity index (χ1) is 27.7. The van der Waals surface area contributed by atoms with Gasteiger partial charge in [0, 0.05) is 12.8 Å². The van der Waals surface area contributed by atoms with Crippen LogP contribution >= 0.6 is 7.82 Å². The maximum Gasteiger partial charge on any atom is 0.472 e. The first-order valence-corrected chi connectivity index (χ1v) is 22.4. The summed E-state index contributed by atoms with van der Waals surface area (Å²) in [5, 5.41) is 18.3. The zero-order valence-electron chi connectivity index (χ0n) is 34.7. The molecule has 0 aromatic rings. The molecule has 0 radical (unpaired) electrons. The van der Waals surface area contributed by atoms with Crippen LogP contribution in [0.25, 0.3) is 0 Å². The molecule has 0 aromatic heterocycles. The van der Waals surface area contributed by atoms with E-state index >= 15 is 0 Å². The second kappa shape index (κ2) is 40.8. The van der Waals surface area contributed by atoms with Gasteiger partial charge in [-0.15, -0.1) is 0 Å². The van der Waals surface area contributed by atoms with Crippen LogP contribution in [-0.4, -0.2) is 65.7 Å². The summed E-state index contributed by atoms with van der Waals surface area (Å²) >= 11 is 0. The molecule has 1 unspecified atom stereocenters. The summed E-state index contributed by atoms with van der Waals surface area (Å²) in [6.45, 7) is 2.06. The molecule has 0 amide bonds. The van der Waals surface area contributed by atoms with Crippen LogP contribution in [0.4, 0.5) is 0 Å². The Hall–Kier alpha value is -3.37. The lowest BCUT2D eigenvalue weighted by molar-refractivity contribution is -0.161. The number of phosphoric ester groups is 1. The number of aliphatic hydroxyl groups excluding tert-OH is 2. The Morgan fingerprint density at radius 1 is 0.561 bits per heavy atom. The van der Waals surface area contributed by atoms with Crippen molar-refractivity contribution >= 4 is 19.8 Å². The van der Waals surface area contributed by atoms with E-state index in [-0.39, 0.29) is 19.4 Å². The van der Waals surface area contributed by atoms with Crippen molar-refractivity contribution < 1.29 is 47.8 Å². The lowest BCUT2D eigenvalue weighted by Gasteiger charge is -2.20. The van der Waals surface area contributed by atoms with E-state index < -0.39 is 51.8 Å². The Labute approximate surface area is 344 Å². The smallest absolute Gasteiger partial charge is 0.462 e. The molecule has 0 aliphatic carbocycles. The van der Waals surface area contributed by atoms with E-state index in [1.54, 1.807) is 0 Å². The second-order valence-corrected chi connectivity index (χ2v) is 14.8. The molecule has 0 spiro atoms. The molecule has 322 valence electrons. The summed E-state index contributed by atoms with van der Waals surface area (Å²) in [7, 11) is -4.65. The molecular formula is C46H73O10P. The van der Waals surface area contributed by atoms with E-state index in [1.165, 1.54) is 25.7 Å². The molecule has 3 N–H and O–H groups in total. The zero-order chi connectivity index (χ0) is 41.9. The van der Waals surface area contributed by atoms with Crippen molar-refractivity contribution in [2.45, 2.75) is 142 Å². The normalized spacial score (nSPS) is 15.0. The van der Waals surface area contributed by atoms with Crippen molar-refractivity contribution in [1.82, 2.24) is 0 Å². The fourth-order valence-electron chi connectivity index (χ4n) is 4.81. The maximum atomic E-state index is 12.6. The van der Waals surface area contributed by atoms with Gasteiger partial charge in [0.15, 0.2) is 6.10 Å². The number of allylic oxidation sites excluding steroid dienone is 18. The van der Waals surface area contributed by atoms with Crippen LogP contribution in [0.1, 0.15) is 129 Å². The molecule has 0 saturated carbocycles. The summed E-state index contributed by atoms with van der Waals surface area (Å²) in [6, 6.07) is 0. The molecule has 11 heteroatoms. The summed E-state index contributed by atoms with van der Waals surface area (Å²) < 4.78 is 32.6. The highest BCUT2D eigenvalue weighted by molar-refractivity contribution is 7.47. The van der Waals surface area contributed by atoms with Crippen LogP contribution in [0.5, 0.6) is 0 Å². The van der Waals surface area contributed by atoms with Crippen molar-refractivity contribution in [3.05, 3.63) is 109 Å². The lowest BCUT2D eigenvalue weighted by Crippen LogP contribution is -2.29. The molecule has 0 saturated heterocycles. The van der Waals surface area contributed by atoms with Gasteiger partial charge >= 0.3 is 19.8 Å². The van der Waals surface area contributed by atoms with Gasteiger partial charge in [0.05, 0.1) is 19.8 Å². The van der Waals surface area contributed by atoms with Gasteiger partial charge in [-0.25, -0.2) is 4.57 Å². The number of ether oxygens (including phenoxy) is 2. The predicted molar refractivity (Wildman–Crippen MR) is 232 cm³/mol. The number of aliphatic hydroxyl groups is 2. The van der Waals surface area contributed by atoms with Gasteiger partial charge in [0.1, 0.15) is 12.7 Å². The molecule has 3 atom stereocenters. The first-order valence-electron chi connectivity index (χ1n) is 20.9. The third-order valence-corrected chi connectivity index (χ3v) is 8.97. The van der Waals surface area contributed by atoms with Crippen LogP contribution in [0, 0.1) is 0 Å². The molecule has 0 rings (SSSR count). The predicted octanol–water partition coefficient (Wildman–Crippen LogP) is 11.0. The highest BCUT2D eigenvalue weighted by Crippen LogP contribution is 2.43. The Balaban J connectivity index is 4.51. The quantitative estimate of drug-likeness (QED) is 0.0182. The zero-order valence-corrected chi connectivity index (χ0v) is 35.6. The van der Waals surface area contributed by atoms with E-state index in [1.807, 2.05) is 48.6 Å². The van der Waals surface area contributed by atoms with Crippen LogP contribution in [0.2, 0.25) is 0 Å². The Kier molecular flexibility index (Phi) is 38.4. The van der Waals surface area contributed by atoms with Crippen LogP contribution in [-0.2, 0) is 32.7 Å². The average molecular weight is 817 g/mol. The largest absolute Gasteiger partial charge is 0.472 e. The Morgan fingerprint density at radius 2 is 1.07 bits per heavy atom. The molecule has 0 aromatic carbocycles. The van der Waals surface area contributed by atoms with Gasteiger partial charge in [0.25, 0.3) is 0 Å². The van der Waals surface area contributed by atoms with Crippen molar-refractivity contribution in [3.63, 3.8) is 0 Å². The fraction of sp³-hybridized carbons (Fsp3) is 0.565. The lowest BCUT2D eigenvalue weighted by atomic mass is 10.1. The number of carbonyl (C=O) groups is 2. The number of unbranched alkanes of at least 4 members (excludes halogenated alkanes) is 8. The Bertz CT molecular complexity index is 1310. The molecule has 0 bridgehead atoms. The first kappa shape index (κ1) is 53.6. The minimum atomic E-state index is -4.65.